The summed E-state index contributed by atoms with van der Waals surface area (Å²) in [6, 6.07) is 2.53. The molecule has 0 fully saturated rings. The van der Waals surface area contributed by atoms with Crippen LogP contribution < -0.4 is 14.8 Å². The molecule has 0 saturated heterocycles. The lowest BCUT2D eigenvalue weighted by molar-refractivity contribution is -0.174. The zero-order chi connectivity index (χ0) is 20.6. The highest BCUT2D eigenvalue weighted by atomic mass is 19.4. The summed E-state index contributed by atoms with van der Waals surface area (Å²) in [6.45, 7) is 3.47. The fourth-order valence-corrected chi connectivity index (χ4v) is 2.54. The van der Waals surface area contributed by atoms with Crippen LogP contribution in [0.1, 0.15) is 31.4 Å². The number of amides is 1. The van der Waals surface area contributed by atoms with E-state index >= 15 is 0 Å². The molecule has 152 valence electrons. The van der Waals surface area contributed by atoms with Gasteiger partial charge in [-0.3, -0.25) is 9.59 Å². The molecular weight excluding hydrogens is 367 g/mol. The molecule has 0 radical (unpaired) electrons. The van der Waals surface area contributed by atoms with Gasteiger partial charge < -0.3 is 19.5 Å². The van der Waals surface area contributed by atoms with Crippen molar-refractivity contribution in [1.82, 2.24) is 5.32 Å². The molecule has 0 heterocycles. The van der Waals surface area contributed by atoms with Gasteiger partial charge in [-0.2, -0.15) is 13.2 Å². The van der Waals surface area contributed by atoms with Gasteiger partial charge in [0.15, 0.2) is 0 Å². The van der Waals surface area contributed by atoms with Crippen LogP contribution in [-0.4, -0.2) is 44.9 Å². The van der Waals surface area contributed by atoms with Crippen molar-refractivity contribution in [2.45, 2.75) is 45.3 Å². The molecule has 9 heteroatoms. The van der Waals surface area contributed by atoms with E-state index in [1.165, 1.54) is 21.1 Å². The third-order valence-corrected chi connectivity index (χ3v) is 3.75. The molecule has 0 aromatic heterocycles. The number of ether oxygens (including phenoxy) is 3. The zero-order valence-corrected chi connectivity index (χ0v) is 15.7. The number of aryl methyl sites for hydroxylation is 1. The van der Waals surface area contributed by atoms with Crippen LogP contribution >= 0.6 is 0 Å². The van der Waals surface area contributed by atoms with Gasteiger partial charge in [-0.25, -0.2) is 0 Å². The summed E-state index contributed by atoms with van der Waals surface area (Å²) < 4.78 is 52.6. The predicted octanol–water partition coefficient (Wildman–Crippen LogP) is 2.81. The van der Waals surface area contributed by atoms with E-state index in [1.807, 2.05) is 5.32 Å². The monoisotopic (exact) mass is 391 g/mol. The lowest BCUT2D eigenvalue weighted by Crippen LogP contribution is -2.42. The van der Waals surface area contributed by atoms with Crippen molar-refractivity contribution < 1.29 is 37.0 Å². The number of alkyl halides is 3. The Hall–Kier alpha value is -2.45. The van der Waals surface area contributed by atoms with E-state index in [0.717, 1.165) is 0 Å². The molecule has 6 nitrogen and oxygen atoms in total. The maximum Gasteiger partial charge on any atom is 0.471 e. The van der Waals surface area contributed by atoms with Crippen molar-refractivity contribution in [1.29, 1.82) is 0 Å². The van der Waals surface area contributed by atoms with Gasteiger partial charge in [-0.1, -0.05) is 0 Å². The summed E-state index contributed by atoms with van der Waals surface area (Å²) in [5.41, 5.74) is 1.28. The number of methoxy groups -OCH3 is 2. The Morgan fingerprint density at radius 2 is 1.67 bits per heavy atom. The second-order valence-corrected chi connectivity index (χ2v) is 5.86. The van der Waals surface area contributed by atoms with Crippen molar-refractivity contribution >= 4 is 11.9 Å². The second-order valence-electron chi connectivity index (χ2n) is 5.86. The van der Waals surface area contributed by atoms with E-state index in [0.29, 0.717) is 35.7 Å². The largest absolute Gasteiger partial charge is 0.496 e. The lowest BCUT2D eigenvalue weighted by atomic mass is 10.00. The van der Waals surface area contributed by atoms with Crippen molar-refractivity contribution in [3.8, 4) is 11.5 Å². The number of hydrogen-bond donors (Lipinski definition) is 1. The molecule has 0 bridgehead atoms. The number of nitrogens with one attached hydrogen (secondary N) is 1. The SMILES string of the molecule is CCOC(=O)CCc1cc(OC)c(C[C@@H](C)NC(=O)C(F)(F)F)cc1OC. The van der Waals surface area contributed by atoms with E-state index in [9.17, 15) is 22.8 Å². The van der Waals surface area contributed by atoms with Crippen molar-refractivity contribution in [3.63, 3.8) is 0 Å². The molecule has 0 saturated carbocycles. The lowest BCUT2D eigenvalue weighted by Gasteiger charge is -2.19. The minimum atomic E-state index is -4.94. The summed E-state index contributed by atoms with van der Waals surface area (Å²) in [6.07, 6.45) is -4.31. The van der Waals surface area contributed by atoms with Crippen molar-refractivity contribution in [3.05, 3.63) is 23.3 Å². The number of halogens is 3. The van der Waals surface area contributed by atoms with Gasteiger partial charge >= 0.3 is 18.1 Å². The van der Waals surface area contributed by atoms with Crippen LogP contribution in [0.15, 0.2) is 12.1 Å². The Morgan fingerprint density at radius 3 is 2.19 bits per heavy atom. The van der Waals surface area contributed by atoms with E-state index < -0.39 is 18.1 Å². The molecule has 0 spiro atoms. The number of benzene rings is 1. The first-order chi connectivity index (χ1) is 12.6. The molecule has 1 atom stereocenters. The van der Waals surface area contributed by atoms with E-state index in [4.69, 9.17) is 14.2 Å². The maximum atomic E-state index is 12.4. The van der Waals surface area contributed by atoms with Gasteiger partial charge in [-0.05, 0) is 49.9 Å². The van der Waals surface area contributed by atoms with E-state index in [1.54, 1.807) is 19.1 Å². The third-order valence-electron chi connectivity index (χ3n) is 3.75. The van der Waals surface area contributed by atoms with Gasteiger partial charge in [0.1, 0.15) is 11.5 Å². The summed E-state index contributed by atoms with van der Waals surface area (Å²) in [7, 11) is 2.88. The predicted molar refractivity (Wildman–Crippen MR) is 91.9 cm³/mol. The van der Waals surface area contributed by atoms with Crippen molar-refractivity contribution in [2.24, 2.45) is 0 Å². The van der Waals surface area contributed by atoms with Crippen molar-refractivity contribution in [2.75, 3.05) is 20.8 Å². The van der Waals surface area contributed by atoms with Crippen LogP contribution in [0.25, 0.3) is 0 Å². The molecule has 1 aromatic carbocycles. The summed E-state index contributed by atoms with van der Waals surface area (Å²) in [5, 5.41) is 1.90. The zero-order valence-electron chi connectivity index (χ0n) is 15.7. The highest BCUT2D eigenvalue weighted by Gasteiger charge is 2.39. The van der Waals surface area contributed by atoms with Gasteiger partial charge in [0.2, 0.25) is 0 Å². The molecule has 0 unspecified atom stereocenters. The highest BCUT2D eigenvalue weighted by molar-refractivity contribution is 5.81. The number of esters is 1. The minimum absolute atomic E-state index is 0.111. The summed E-state index contributed by atoms with van der Waals surface area (Å²) in [5.74, 6) is -1.43. The average Bonchev–Trinajstić information content (AvgIpc) is 2.59. The Kier molecular flexibility index (Phi) is 8.39. The number of rotatable bonds is 9. The molecule has 1 aromatic rings. The molecule has 1 amide bonds. The topological polar surface area (TPSA) is 73.9 Å². The first kappa shape index (κ1) is 22.6. The van der Waals surface area contributed by atoms with E-state index in [-0.39, 0.29) is 18.8 Å². The fourth-order valence-electron chi connectivity index (χ4n) is 2.54. The highest BCUT2D eigenvalue weighted by Crippen LogP contribution is 2.31. The third kappa shape index (κ3) is 6.99. The van der Waals surface area contributed by atoms with Crippen LogP contribution in [0.4, 0.5) is 13.2 Å². The number of carbonyl (C=O) groups excluding carboxylic acids is 2. The van der Waals surface area contributed by atoms with Crippen LogP contribution in [0, 0.1) is 0 Å². The molecule has 0 aliphatic rings. The number of hydrogen-bond acceptors (Lipinski definition) is 5. The van der Waals surface area contributed by atoms with Gasteiger partial charge in [0.05, 0.1) is 20.8 Å². The standard InChI is InChI=1S/C18H24F3NO5/c1-5-27-16(23)7-6-12-9-15(26-4)13(10-14(12)25-3)8-11(2)22-17(24)18(19,20)21/h9-11H,5-8H2,1-4H3,(H,22,24)/t11-/m1/s1. The molecule has 27 heavy (non-hydrogen) atoms. The quantitative estimate of drug-likeness (QED) is 0.656. The fraction of sp³-hybridized carbons (Fsp3) is 0.556. The minimum Gasteiger partial charge on any atom is -0.496 e. The van der Waals surface area contributed by atoms with Crippen LogP contribution in [0.3, 0.4) is 0 Å². The van der Waals surface area contributed by atoms with Crippen LogP contribution in [-0.2, 0) is 27.2 Å². The molecule has 0 aliphatic carbocycles. The first-order valence-electron chi connectivity index (χ1n) is 8.39. The van der Waals surface area contributed by atoms with Crippen LogP contribution in [0.2, 0.25) is 0 Å². The van der Waals surface area contributed by atoms with E-state index in [2.05, 4.69) is 0 Å². The normalized spacial score (nSPS) is 12.3. The Bertz CT molecular complexity index is 661. The molecule has 0 aliphatic heterocycles. The number of carbonyl (C=O) groups is 2. The summed E-state index contributed by atoms with van der Waals surface area (Å²) >= 11 is 0. The Labute approximate surface area is 156 Å². The van der Waals surface area contributed by atoms with Gasteiger partial charge in [0, 0.05) is 12.5 Å². The average molecular weight is 391 g/mol. The molecule has 1 rings (SSSR count). The smallest absolute Gasteiger partial charge is 0.471 e. The Balaban J connectivity index is 2.95. The Morgan fingerprint density at radius 1 is 1.11 bits per heavy atom. The second kappa shape index (κ2) is 10.0. The first-order valence-corrected chi connectivity index (χ1v) is 8.39. The van der Waals surface area contributed by atoms with Gasteiger partial charge in [-0.15, -0.1) is 0 Å². The molecular formula is C18H24F3NO5. The summed E-state index contributed by atoms with van der Waals surface area (Å²) in [4.78, 5) is 22.6. The molecule has 1 N–H and O–H groups in total. The van der Waals surface area contributed by atoms with Crippen LogP contribution in [0.5, 0.6) is 11.5 Å². The maximum absolute atomic E-state index is 12.4. The van der Waals surface area contributed by atoms with Gasteiger partial charge in [0.25, 0.3) is 0 Å².